The zero-order valence-electron chi connectivity index (χ0n) is 12.7. The van der Waals surface area contributed by atoms with E-state index in [1.165, 1.54) is 12.1 Å². The first-order valence-corrected chi connectivity index (χ1v) is 7.56. The number of carbonyl (C=O) groups is 1. The van der Waals surface area contributed by atoms with Crippen molar-refractivity contribution in [2.75, 3.05) is 26.3 Å². The summed E-state index contributed by atoms with van der Waals surface area (Å²) in [6.45, 7) is 6.40. The van der Waals surface area contributed by atoms with Crippen LogP contribution in [0, 0.1) is 17.0 Å². The molecule has 0 unspecified atom stereocenters. The molecular formula is C15H19ClN2O4. The number of halogens is 1. The Balaban J connectivity index is 2.11. The van der Waals surface area contributed by atoms with Gasteiger partial charge >= 0.3 is 0 Å². The predicted molar refractivity (Wildman–Crippen MR) is 83.4 cm³/mol. The molecule has 1 aliphatic heterocycles. The zero-order chi connectivity index (χ0) is 16.3. The summed E-state index contributed by atoms with van der Waals surface area (Å²) in [6, 6.07) is 2.75. The molecule has 1 aliphatic rings. The van der Waals surface area contributed by atoms with Gasteiger partial charge in [-0.2, -0.15) is 0 Å². The number of hydrogen-bond donors (Lipinski definition) is 0. The third-order valence-corrected chi connectivity index (χ3v) is 4.33. The Bertz CT molecular complexity index is 585. The second-order valence-corrected chi connectivity index (χ2v) is 5.86. The molecule has 1 aromatic rings. The molecule has 0 saturated carbocycles. The topological polar surface area (TPSA) is 72.7 Å². The SMILES string of the molecule is Cc1cc([N+](=O)[O-])c(Cl)cc1CC(=O)[C@H](C)N1CCOCC1. The van der Waals surface area contributed by atoms with Gasteiger partial charge in [0.1, 0.15) is 5.02 Å². The van der Waals surface area contributed by atoms with Crippen molar-refractivity contribution in [2.45, 2.75) is 26.3 Å². The average molecular weight is 327 g/mol. The Hall–Kier alpha value is -1.50. The summed E-state index contributed by atoms with van der Waals surface area (Å²) < 4.78 is 5.28. The zero-order valence-corrected chi connectivity index (χ0v) is 13.4. The van der Waals surface area contributed by atoms with Crippen LogP contribution in [0.25, 0.3) is 0 Å². The molecule has 2 rings (SSSR count). The second-order valence-electron chi connectivity index (χ2n) is 5.45. The van der Waals surface area contributed by atoms with Gasteiger partial charge in [-0.1, -0.05) is 11.6 Å². The number of morpholine rings is 1. The summed E-state index contributed by atoms with van der Waals surface area (Å²) in [5, 5.41) is 10.9. The van der Waals surface area contributed by atoms with E-state index in [0.29, 0.717) is 18.8 Å². The molecule has 1 heterocycles. The Morgan fingerprint density at radius 2 is 2.09 bits per heavy atom. The number of rotatable bonds is 5. The summed E-state index contributed by atoms with van der Waals surface area (Å²) in [4.78, 5) is 24.9. The number of benzene rings is 1. The van der Waals surface area contributed by atoms with E-state index in [4.69, 9.17) is 16.3 Å². The van der Waals surface area contributed by atoms with Gasteiger partial charge in [0.2, 0.25) is 0 Å². The predicted octanol–water partition coefficient (Wildman–Crippen LogP) is 2.39. The maximum Gasteiger partial charge on any atom is 0.288 e. The fourth-order valence-electron chi connectivity index (χ4n) is 2.54. The maximum absolute atomic E-state index is 12.4. The van der Waals surface area contributed by atoms with E-state index in [1.54, 1.807) is 6.92 Å². The first-order chi connectivity index (χ1) is 10.4. The monoisotopic (exact) mass is 326 g/mol. The molecule has 1 saturated heterocycles. The van der Waals surface area contributed by atoms with Gasteiger partial charge in [-0.3, -0.25) is 19.8 Å². The molecule has 0 radical (unpaired) electrons. The van der Waals surface area contributed by atoms with E-state index >= 15 is 0 Å². The van der Waals surface area contributed by atoms with Gasteiger partial charge in [-0.25, -0.2) is 0 Å². The van der Waals surface area contributed by atoms with Crippen molar-refractivity contribution in [1.82, 2.24) is 4.90 Å². The molecule has 0 bridgehead atoms. The number of ether oxygens (including phenoxy) is 1. The van der Waals surface area contributed by atoms with Crippen molar-refractivity contribution in [3.8, 4) is 0 Å². The van der Waals surface area contributed by atoms with Crippen LogP contribution in [0.3, 0.4) is 0 Å². The van der Waals surface area contributed by atoms with E-state index in [1.807, 2.05) is 6.92 Å². The lowest BCUT2D eigenvalue weighted by molar-refractivity contribution is -0.384. The van der Waals surface area contributed by atoms with Crippen LogP contribution in [0.1, 0.15) is 18.1 Å². The van der Waals surface area contributed by atoms with Gasteiger partial charge in [0.25, 0.3) is 5.69 Å². The highest BCUT2D eigenvalue weighted by molar-refractivity contribution is 6.32. The molecule has 0 spiro atoms. The van der Waals surface area contributed by atoms with Crippen LogP contribution < -0.4 is 0 Å². The van der Waals surface area contributed by atoms with Gasteiger partial charge in [-0.05, 0) is 31.0 Å². The van der Waals surface area contributed by atoms with Gasteiger partial charge in [0, 0.05) is 25.6 Å². The normalized spacial score (nSPS) is 17.2. The van der Waals surface area contributed by atoms with Crippen molar-refractivity contribution in [2.24, 2.45) is 0 Å². The lowest BCUT2D eigenvalue weighted by Gasteiger charge is -2.31. The highest BCUT2D eigenvalue weighted by Crippen LogP contribution is 2.28. The molecule has 1 atom stereocenters. The number of nitrogens with zero attached hydrogens (tertiary/aromatic N) is 2. The second kappa shape index (κ2) is 7.17. The van der Waals surface area contributed by atoms with E-state index in [2.05, 4.69) is 4.90 Å². The minimum absolute atomic E-state index is 0.0671. The van der Waals surface area contributed by atoms with Crippen LogP contribution in [-0.4, -0.2) is 48.0 Å². The fourth-order valence-corrected chi connectivity index (χ4v) is 2.80. The molecule has 1 aromatic carbocycles. The lowest BCUT2D eigenvalue weighted by Crippen LogP contribution is -2.46. The van der Waals surface area contributed by atoms with E-state index in [0.717, 1.165) is 18.7 Å². The quantitative estimate of drug-likeness (QED) is 0.613. The summed E-state index contributed by atoms with van der Waals surface area (Å²) in [7, 11) is 0. The average Bonchev–Trinajstić information content (AvgIpc) is 2.50. The van der Waals surface area contributed by atoms with Crippen LogP contribution in [0.5, 0.6) is 0 Å². The standard InChI is InChI=1S/C15H19ClN2O4/c1-10-7-14(18(20)21)13(16)8-12(10)9-15(19)11(2)17-3-5-22-6-4-17/h7-8,11H,3-6,9H2,1-2H3/t11-/m0/s1. The largest absolute Gasteiger partial charge is 0.379 e. The molecule has 7 heteroatoms. The number of ketones is 1. The van der Waals surface area contributed by atoms with Crippen LogP contribution in [0.15, 0.2) is 12.1 Å². The number of aryl methyl sites for hydroxylation is 1. The smallest absolute Gasteiger partial charge is 0.288 e. The number of Topliss-reactive ketones (excluding diaryl/α,β-unsaturated/α-hetero) is 1. The van der Waals surface area contributed by atoms with Gasteiger partial charge < -0.3 is 4.74 Å². The lowest BCUT2D eigenvalue weighted by atomic mass is 9.99. The Labute approximate surface area is 134 Å². The molecule has 0 aromatic heterocycles. The van der Waals surface area contributed by atoms with Crippen molar-refractivity contribution >= 4 is 23.1 Å². The van der Waals surface area contributed by atoms with Gasteiger partial charge in [-0.15, -0.1) is 0 Å². The van der Waals surface area contributed by atoms with Crippen molar-refractivity contribution in [3.05, 3.63) is 38.4 Å². The molecule has 0 N–H and O–H groups in total. The highest BCUT2D eigenvalue weighted by Gasteiger charge is 2.24. The molecule has 6 nitrogen and oxygen atoms in total. The van der Waals surface area contributed by atoms with E-state index < -0.39 is 4.92 Å². The number of hydrogen-bond acceptors (Lipinski definition) is 5. The van der Waals surface area contributed by atoms with E-state index in [9.17, 15) is 14.9 Å². The first kappa shape index (κ1) is 16.9. The van der Waals surface area contributed by atoms with Crippen LogP contribution >= 0.6 is 11.6 Å². The van der Waals surface area contributed by atoms with Crippen LogP contribution in [0.2, 0.25) is 5.02 Å². The number of nitro benzene ring substituents is 1. The molecule has 120 valence electrons. The summed E-state index contributed by atoms with van der Waals surface area (Å²) in [5.74, 6) is 0.0786. The fraction of sp³-hybridized carbons (Fsp3) is 0.533. The molecular weight excluding hydrogens is 308 g/mol. The minimum Gasteiger partial charge on any atom is -0.379 e. The van der Waals surface area contributed by atoms with Crippen molar-refractivity contribution < 1.29 is 14.5 Å². The third-order valence-electron chi connectivity index (χ3n) is 4.03. The molecule has 0 aliphatic carbocycles. The number of nitro groups is 1. The summed E-state index contributed by atoms with van der Waals surface area (Å²) in [5.41, 5.74) is 1.32. The maximum atomic E-state index is 12.4. The summed E-state index contributed by atoms with van der Waals surface area (Å²) >= 11 is 5.93. The Morgan fingerprint density at radius 1 is 1.45 bits per heavy atom. The van der Waals surface area contributed by atoms with Gasteiger partial charge in [0.05, 0.1) is 24.2 Å². The minimum atomic E-state index is -0.517. The highest BCUT2D eigenvalue weighted by atomic mass is 35.5. The molecule has 1 fully saturated rings. The van der Waals surface area contributed by atoms with Crippen LogP contribution in [-0.2, 0) is 16.0 Å². The first-order valence-electron chi connectivity index (χ1n) is 7.18. The Kier molecular flexibility index (Phi) is 5.50. The number of carbonyl (C=O) groups excluding carboxylic acids is 1. The third kappa shape index (κ3) is 3.82. The molecule has 22 heavy (non-hydrogen) atoms. The van der Waals surface area contributed by atoms with Crippen LogP contribution in [0.4, 0.5) is 5.69 Å². The van der Waals surface area contributed by atoms with Gasteiger partial charge in [0.15, 0.2) is 5.78 Å². The van der Waals surface area contributed by atoms with E-state index in [-0.39, 0.29) is 29.0 Å². The van der Waals surface area contributed by atoms with Crippen molar-refractivity contribution in [3.63, 3.8) is 0 Å². The summed E-state index contributed by atoms with van der Waals surface area (Å²) in [6.07, 6.45) is 0.224. The van der Waals surface area contributed by atoms with Crippen molar-refractivity contribution in [1.29, 1.82) is 0 Å². The molecule has 0 amide bonds. The Morgan fingerprint density at radius 3 is 2.68 bits per heavy atom.